The first-order chi connectivity index (χ1) is 15.9. The number of anilines is 2. The van der Waals surface area contributed by atoms with Gasteiger partial charge in [0.15, 0.2) is 0 Å². The molecule has 2 amide bonds. The maximum Gasteiger partial charge on any atom is 0.337 e. The third kappa shape index (κ3) is 4.40. The van der Waals surface area contributed by atoms with Gasteiger partial charge in [-0.15, -0.1) is 0 Å². The van der Waals surface area contributed by atoms with Gasteiger partial charge in [-0.2, -0.15) is 5.26 Å². The minimum absolute atomic E-state index is 0.0233. The normalized spacial score (nSPS) is 10.4. The van der Waals surface area contributed by atoms with Crippen LogP contribution in [0.4, 0.5) is 11.4 Å². The van der Waals surface area contributed by atoms with Crippen LogP contribution >= 0.6 is 0 Å². The number of rotatable bonds is 5. The van der Waals surface area contributed by atoms with Crippen molar-refractivity contribution in [1.82, 2.24) is 5.16 Å². The Balaban J connectivity index is 1.69. The molecule has 3 N–H and O–H groups in total. The molecule has 4 aromatic rings. The topological polar surface area (TPSA) is 145 Å². The molecule has 0 aliphatic rings. The summed E-state index contributed by atoms with van der Waals surface area (Å²) in [6, 6.07) is 18.2. The SMILES string of the molecule is CC(=O)Nc1cccc(-c2ccc3noc(C(=O)Nc4ccc(C#N)cc4C(=O)O)c3c2)c1. The minimum Gasteiger partial charge on any atom is -0.478 e. The molecule has 0 atom stereocenters. The molecule has 0 aliphatic heterocycles. The molecule has 0 aliphatic carbocycles. The summed E-state index contributed by atoms with van der Waals surface area (Å²) in [4.78, 5) is 35.8. The molecule has 0 radical (unpaired) electrons. The summed E-state index contributed by atoms with van der Waals surface area (Å²) >= 11 is 0. The highest BCUT2D eigenvalue weighted by molar-refractivity contribution is 6.12. The molecule has 0 fully saturated rings. The van der Waals surface area contributed by atoms with E-state index in [1.807, 2.05) is 18.2 Å². The Morgan fingerprint density at radius 1 is 1.00 bits per heavy atom. The highest BCUT2D eigenvalue weighted by Gasteiger charge is 2.20. The molecule has 0 saturated heterocycles. The lowest BCUT2D eigenvalue weighted by Gasteiger charge is -2.08. The van der Waals surface area contributed by atoms with Crippen LogP contribution in [0.5, 0.6) is 0 Å². The average molecular weight is 440 g/mol. The molecular formula is C24H16N4O5. The van der Waals surface area contributed by atoms with E-state index in [-0.39, 0.29) is 28.5 Å². The zero-order chi connectivity index (χ0) is 23.5. The van der Waals surface area contributed by atoms with Crippen molar-refractivity contribution < 1.29 is 24.0 Å². The van der Waals surface area contributed by atoms with Gasteiger partial charge in [0, 0.05) is 12.6 Å². The molecule has 4 rings (SSSR count). The number of hydrogen-bond acceptors (Lipinski definition) is 6. The summed E-state index contributed by atoms with van der Waals surface area (Å²) in [5, 5.41) is 28.0. The Kier molecular flexibility index (Phi) is 5.57. The summed E-state index contributed by atoms with van der Waals surface area (Å²) in [6.45, 7) is 1.42. The lowest BCUT2D eigenvalue weighted by atomic mass is 10.0. The number of aromatic nitrogens is 1. The van der Waals surface area contributed by atoms with Crippen molar-refractivity contribution in [3.05, 3.63) is 77.6 Å². The molecule has 0 bridgehead atoms. The van der Waals surface area contributed by atoms with Crippen LogP contribution in [0.15, 0.2) is 65.2 Å². The van der Waals surface area contributed by atoms with Gasteiger partial charge in [0.1, 0.15) is 5.52 Å². The Morgan fingerprint density at radius 3 is 2.52 bits per heavy atom. The lowest BCUT2D eigenvalue weighted by Crippen LogP contribution is -2.14. The summed E-state index contributed by atoms with van der Waals surface area (Å²) < 4.78 is 5.24. The van der Waals surface area contributed by atoms with E-state index in [0.717, 1.165) is 11.1 Å². The number of carbonyl (C=O) groups is 3. The number of aromatic carboxylic acids is 1. The fourth-order valence-electron chi connectivity index (χ4n) is 3.34. The van der Waals surface area contributed by atoms with E-state index in [4.69, 9.17) is 9.78 Å². The van der Waals surface area contributed by atoms with Gasteiger partial charge in [0.25, 0.3) is 5.91 Å². The van der Waals surface area contributed by atoms with Crippen molar-refractivity contribution in [3.8, 4) is 17.2 Å². The molecule has 1 heterocycles. The van der Waals surface area contributed by atoms with Crippen LogP contribution in [0.2, 0.25) is 0 Å². The first kappa shape index (κ1) is 21.3. The number of benzene rings is 3. The Hall–Kier alpha value is -4.97. The molecule has 3 aromatic carbocycles. The number of carboxylic acid groups (broad SMARTS) is 1. The predicted octanol–water partition coefficient (Wildman–Crippen LogP) is 4.28. The van der Waals surface area contributed by atoms with Gasteiger partial charge < -0.3 is 20.3 Å². The fraction of sp³-hybridized carbons (Fsp3) is 0.0417. The van der Waals surface area contributed by atoms with Crippen molar-refractivity contribution >= 4 is 40.1 Å². The first-order valence-electron chi connectivity index (χ1n) is 9.72. The van der Waals surface area contributed by atoms with E-state index in [1.165, 1.54) is 25.1 Å². The van der Waals surface area contributed by atoms with Crippen molar-refractivity contribution in [3.63, 3.8) is 0 Å². The van der Waals surface area contributed by atoms with Gasteiger partial charge in [0.2, 0.25) is 11.7 Å². The largest absolute Gasteiger partial charge is 0.478 e. The van der Waals surface area contributed by atoms with E-state index in [2.05, 4.69) is 15.8 Å². The Labute approximate surface area is 187 Å². The number of amides is 2. The molecule has 0 spiro atoms. The van der Waals surface area contributed by atoms with Crippen molar-refractivity contribution in [1.29, 1.82) is 5.26 Å². The van der Waals surface area contributed by atoms with Crippen LogP contribution < -0.4 is 10.6 Å². The second kappa shape index (κ2) is 8.64. The second-order valence-corrected chi connectivity index (χ2v) is 7.14. The van der Waals surface area contributed by atoms with E-state index < -0.39 is 11.9 Å². The van der Waals surface area contributed by atoms with E-state index >= 15 is 0 Å². The standard InChI is InChI=1S/C24H16N4O5/c1-13(29)26-17-4-2-3-15(10-17)16-6-8-21-18(11-16)22(33-28-21)23(30)27-20-7-5-14(12-25)9-19(20)24(31)32/h2-11H,1H3,(H,26,29)(H,27,30)(H,31,32). The average Bonchev–Trinajstić information content (AvgIpc) is 3.22. The van der Waals surface area contributed by atoms with Crippen LogP contribution in [0.3, 0.4) is 0 Å². The third-order valence-electron chi connectivity index (χ3n) is 4.83. The van der Waals surface area contributed by atoms with Crippen LogP contribution in [0.1, 0.15) is 33.4 Å². The molecule has 9 nitrogen and oxygen atoms in total. The monoisotopic (exact) mass is 440 g/mol. The van der Waals surface area contributed by atoms with Crippen molar-refractivity contribution in [2.75, 3.05) is 10.6 Å². The van der Waals surface area contributed by atoms with Crippen LogP contribution in [0, 0.1) is 11.3 Å². The smallest absolute Gasteiger partial charge is 0.337 e. The summed E-state index contributed by atoms with van der Waals surface area (Å²) in [7, 11) is 0. The number of hydrogen-bond donors (Lipinski definition) is 3. The van der Waals surface area contributed by atoms with E-state index in [9.17, 15) is 19.5 Å². The molecule has 0 unspecified atom stereocenters. The quantitative estimate of drug-likeness (QED) is 0.420. The van der Waals surface area contributed by atoms with Crippen LogP contribution in [-0.4, -0.2) is 28.0 Å². The number of nitrogens with zero attached hydrogens (tertiary/aromatic N) is 2. The molecular weight excluding hydrogens is 424 g/mol. The molecule has 33 heavy (non-hydrogen) atoms. The lowest BCUT2D eigenvalue weighted by molar-refractivity contribution is -0.114. The van der Waals surface area contributed by atoms with Gasteiger partial charge in [-0.3, -0.25) is 9.59 Å². The minimum atomic E-state index is -1.29. The first-order valence-corrected chi connectivity index (χ1v) is 9.72. The number of carbonyl (C=O) groups excluding carboxylic acids is 2. The number of nitrogens with one attached hydrogen (secondary N) is 2. The second-order valence-electron chi connectivity index (χ2n) is 7.14. The highest BCUT2D eigenvalue weighted by Crippen LogP contribution is 2.29. The maximum atomic E-state index is 12.9. The van der Waals surface area contributed by atoms with Gasteiger partial charge in [-0.1, -0.05) is 23.4 Å². The maximum absolute atomic E-state index is 12.9. The van der Waals surface area contributed by atoms with Gasteiger partial charge in [-0.25, -0.2) is 4.79 Å². The zero-order valence-electron chi connectivity index (χ0n) is 17.2. The summed E-state index contributed by atoms with van der Waals surface area (Å²) in [5.74, 6) is -2.25. The molecule has 162 valence electrons. The zero-order valence-corrected chi connectivity index (χ0v) is 17.2. The summed E-state index contributed by atoms with van der Waals surface area (Å²) in [6.07, 6.45) is 0. The fourth-order valence-corrected chi connectivity index (χ4v) is 3.34. The van der Waals surface area contributed by atoms with Gasteiger partial charge in [0.05, 0.1) is 28.3 Å². The van der Waals surface area contributed by atoms with Crippen LogP contribution in [0.25, 0.3) is 22.0 Å². The third-order valence-corrected chi connectivity index (χ3v) is 4.83. The Morgan fingerprint density at radius 2 is 1.79 bits per heavy atom. The van der Waals surface area contributed by atoms with Crippen molar-refractivity contribution in [2.45, 2.75) is 6.92 Å². The van der Waals surface area contributed by atoms with Gasteiger partial charge >= 0.3 is 5.97 Å². The Bertz CT molecular complexity index is 1470. The predicted molar refractivity (Wildman–Crippen MR) is 120 cm³/mol. The van der Waals surface area contributed by atoms with E-state index in [1.54, 1.807) is 30.3 Å². The van der Waals surface area contributed by atoms with Crippen molar-refractivity contribution in [2.24, 2.45) is 0 Å². The molecule has 1 aromatic heterocycles. The molecule has 0 saturated carbocycles. The summed E-state index contributed by atoms with van der Waals surface area (Å²) in [5.41, 5.74) is 2.59. The van der Waals surface area contributed by atoms with Gasteiger partial charge in [-0.05, 0) is 53.6 Å². The van der Waals surface area contributed by atoms with Crippen LogP contribution in [-0.2, 0) is 4.79 Å². The highest BCUT2D eigenvalue weighted by atomic mass is 16.5. The van der Waals surface area contributed by atoms with E-state index in [0.29, 0.717) is 16.6 Å². The number of nitriles is 1. The molecule has 9 heteroatoms. The number of fused-ring (bicyclic) bond motifs is 1. The number of carboxylic acids is 1.